The van der Waals surface area contributed by atoms with Crippen LogP contribution in [-0.2, 0) is 0 Å². The maximum atomic E-state index is 15.8. The number of hydrogen-bond donors (Lipinski definition) is 2. The molecule has 0 saturated carbocycles. The molecule has 4 aromatic heterocycles. The second-order valence-corrected chi connectivity index (χ2v) is 8.31. The number of anilines is 1. The molecule has 0 atom stereocenters. The molecule has 1 fully saturated rings. The van der Waals surface area contributed by atoms with Crippen molar-refractivity contribution >= 4 is 22.4 Å². The van der Waals surface area contributed by atoms with E-state index in [-0.39, 0.29) is 11.7 Å². The second kappa shape index (κ2) is 7.05. The van der Waals surface area contributed by atoms with Crippen molar-refractivity contribution < 1.29 is 4.39 Å². The molecule has 2 N–H and O–H groups in total. The maximum Gasteiger partial charge on any atom is 0.175 e. The monoisotopic (exact) mass is 407 g/mol. The lowest BCUT2D eigenvalue weighted by molar-refractivity contribution is 0.562. The van der Waals surface area contributed by atoms with E-state index in [1.165, 1.54) is 0 Å². The molecule has 5 heterocycles. The Kier molecular flexibility index (Phi) is 4.47. The van der Waals surface area contributed by atoms with Crippen molar-refractivity contribution in [2.45, 2.75) is 33.6 Å². The van der Waals surface area contributed by atoms with Crippen molar-refractivity contribution in [3.05, 3.63) is 41.2 Å². The van der Waals surface area contributed by atoms with Crippen molar-refractivity contribution in [1.29, 1.82) is 0 Å². The minimum atomic E-state index is -0.239. The molecule has 8 heteroatoms. The SMILES string of the molecule is Cc1c(-c2[nH]c3cnc(N4CCNCC4)c(F)c3c2C(C)C)cn2ncnc2c1C. The van der Waals surface area contributed by atoms with E-state index in [1.54, 1.807) is 17.0 Å². The Morgan fingerprint density at radius 2 is 1.87 bits per heavy atom. The van der Waals surface area contributed by atoms with Gasteiger partial charge in [-0.05, 0) is 36.5 Å². The van der Waals surface area contributed by atoms with Gasteiger partial charge in [-0.15, -0.1) is 0 Å². The van der Waals surface area contributed by atoms with Crippen LogP contribution >= 0.6 is 0 Å². The average molecular weight is 407 g/mol. The number of H-pyrrole nitrogens is 1. The zero-order valence-corrected chi connectivity index (χ0v) is 17.8. The summed E-state index contributed by atoms with van der Waals surface area (Å²) in [4.78, 5) is 14.3. The van der Waals surface area contributed by atoms with Crippen molar-refractivity contribution in [3.63, 3.8) is 0 Å². The van der Waals surface area contributed by atoms with Gasteiger partial charge in [0.1, 0.15) is 6.33 Å². The highest BCUT2D eigenvalue weighted by Gasteiger charge is 2.25. The lowest BCUT2D eigenvalue weighted by atomic mass is 9.94. The van der Waals surface area contributed by atoms with Crippen LogP contribution in [0.15, 0.2) is 18.7 Å². The van der Waals surface area contributed by atoms with Crippen LogP contribution in [-0.4, -0.2) is 50.7 Å². The van der Waals surface area contributed by atoms with Crippen LogP contribution in [0.3, 0.4) is 0 Å². The number of halogens is 1. The van der Waals surface area contributed by atoms with Crippen molar-refractivity contribution in [3.8, 4) is 11.3 Å². The van der Waals surface area contributed by atoms with Gasteiger partial charge in [-0.1, -0.05) is 13.8 Å². The molecule has 1 saturated heterocycles. The number of rotatable bonds is 3. The van der Waals surface area contributed by atoms with E-state index in [9.17, 15) is 0 Å². The highest BCUT2D eigenvalue weighted by Crippen LogP contribution is 2.40. The summed E-state index contributed by atoms with van der Waals surface area (Å²) >= 11 is 0. The number of piperazine rings is 1. The first-order valence-electron chi connectivity index (χ1n) is 10.4. The third kappa shape index (κ3) is 2.78. The standard InChI is InChI=1S/C22H26FN7/c1-12(2)17-18-16(9-25-22(19(18)23)29-7-5-24-6-8-29)28-20(17)15-10-30-21(26-11-27-30)14(4)13(15)3/h9-12,24,28H,5-8H2,1-4H3. The fourth-order valence-electron chi connectivity index (χ4n) is 4.50. The third-order valence-electron chi connectivity index (χ3n) is 6.19. The highest BCUT2D eigenvalue weighted by molar-refractivity contribution is 5.94. The summed E-state index contributed by atoms with van der Waals surface area (Å²) in [5.74, 6) is 0.334. The van der Waals surface area contributed by atoms with Gasteiger partial charge in [0.05, 0.1) is 17.4 Å². The molecule has 0 radical (unpaired) electrons. The molecular weight excluding hydrogens is 381 g/mol. The summed E-state index contributed by atoms with van der Waals surface area (Å²) in [6.45, 7) is 11.5. The first kappa shape index (κ1) is 19.0. The van der Waals surface area contributed by atoms with Gasteiger partial charge in [-0.25, -0.2) is 18.9 Å². The van der Waals surface area contributed by atoms with Crippen LogP contribution in [0.2, 0.25) is 0 Å². The predicted octanol–water partition coefficient (Wildman–Crippen LogP) is 3.56. The van der Waals surface area contributed by atoms with Gasteiger partial charge in [0.15, 0.2) is 17.3 Å². The lowest BCUT2D eigenvalue weighted by Crippen LogP contribution is -2.44. The van der Waals surface area contributed by atoms with Crippen LogP contribution in [0.5, 0.6) is 0 Å². The van der Waals surface area contributed by atoms with Gasteiger partial charge in [-0.3, -0.25) is 0 Å². The zero-order valence-electron chi connectivity index (χ0n) is 17.8. The third-order valence-corrected chi connectivity index (χ3v) is 6.19. The normalized spacial score (nSPS) is 15.1. The Hall–Kier alpha value is -3.00. The van der Waals surface area contributed by atoms with Crippen LogP contribution in [0, 0.1) is 19.7 Å². The van der Waals surface area contributed by atoms with E-state index in [2.05, 4.69) is 46.1 Å². The summed E-state index contributed by atoms with van der Waals surface area (Å²) in [6, 6.07) is 0. The van der Waals surface area contributed by atoms with Crippen LogP contribution in [0.1, 0.15) is 36.5 Å². The van der Waals surface area contributed by atoms with Crippen molar-refractivity contribution in [2.75, 3.05) is 31.1 Å². The largest absolute Gasteiger partial charge is 0.353 e. The van der Waals surface area contributed by atoms with E-state index < -0.39 is 0 Å². The van der Waals surface area contributed by atoms with Crippen LogP contribution < -0.4 is 10.2 Å². The molecule has 0 unspecified atom stereocenters. The molecule has 30 heavy (non-hydrogen) atoms. The Morgan fingerprint density at radius 3 is 2.60 bits per heavy atom. The van der Waals surface area contributed by atoms with Crippen LogP contribution in [0.4, 0.5) is 10.2 Å². The fourth-order valence-corrected chi connectivity index (χ4v) is 4.50. The Labute approximate surface area is 174 Å². The van der Waals surface area contributed by atoms with Gasteiger partial charge in [-0.2, -0.15) is 5.10 Å². The van der Waals surface area contributed by atoms with Crippen molar-refractivity contribution in [1.82, 2.24) is 29.9 Å². The molecule has 156 valence electrons. The minimum Gasteiger partial charge on any atom is -0.353 e. The van der Waals surface area contributed by atoms with Gasteiger partial charge in [0.25, 0.3) is 0 Å². The summed E-state index contributed by atoms with van der Waals surface area (Å²) in [5.41, 5.74) is 6.65. The number of aromatic amines is 1. The number of aromatic nitrogens is 5. The second-order valence-electron chi connectivity index (χ2n) is 8.31. The molecule has 0 aliphatic carbocycles. The van der Waals surface area contributed by atoms with Gasteiger partial charge >= 0.3 is 0 Å². The molecule has 1 aliphatic heterocycles. The number of hydrogen-bond acceptors (Lipinski definition) is 5. The molecule has 0 amide bonds. The van der Waals surface area contributed by atoms with Crippen LogP contribution in [0.25, 0.3) is 27.8 Å². The Bertz CT molecular complexity index is 1250. The van der Waals surface area contributed by atoms with Gasteiger partial charge in [0, 0.05) is 43.3 Å². The smallest absolute Gasteiger partial charge is 0.175 e. The Balaban J connectivity index is 1.77. The van der Waals surface area contributed by atoms with Gasteiger partial charge < -0.3 is 15.2 Å². The van der Waals surface area contributed by atoms with Crippen molar-refractivity contribution in [2.24, 2.45) is 0 Å². The fraction of sp³-hybridized carbons (Fsp3) is 0.409. The number of aryl methyl sites for hydroxylation is 1. The number of nitrogens with zero attached hydrogens (tertiary/aromatic N) is 5. The topological polar surface area (TPSA) is 74.1 Å². The Morgan fingerprint density at radius 1 is 1.10 bits per heavy atom. The minimum absolute atomic E-state index is 0.132. The summed E-state index contributed by atoms with van der Waals surface area (Å²) < 4.78 is 17.6. The molecule has 4 aromatic rings. The van der Waals surface area contributed by atoms with E-state index in [0.29, 0.717) is 11.2 Å². The molecule has 0 spiro atoms. The maximum absolute atomic E-state index is 15.8. The first-order valence-corrected chi connectivity index (χ1v) is 10.4. The molecule has 7 nitrogen and oxygen atoms in total. The quantitative estimate of drug-likeness (QED) is 0.543. The number of nitrogens with one attached hydrogen (secondary N) is 2. The lowest BCUT2D eigenvalue weighted by Gasteiger charge is -2.28. The van der Waals surface area contributed by atoms with E-state index in [4.69, 9.17) is 0 Å². The first-order chi connectivity index (χ1) is 14.5. The molecule has 0 aromatic carbocycles. The van der Waals surface area contributed by atoms with Gasteiger partial charge in [0.2, 0.25) is 0 Å². The molecular formula is C22H26FN7. The average Bonchev–Trinajstić information content (AvgIpc) is 3.36. The molecule has 0 bridgehead atoms. The predicted molar refractivity (Wildman–Crippen MR) is 117 cm³/mol. The molecule has 5 rings (SSSR count). The number of pyridine rings is 2. The number of fused-ring (bicyclic) bond motifs is 2. The van der Waals surface area contributed by atoms with E-state index in [0.717, 1.165) is 65.3 Å². The van der Waals surface area contributed by atoms with E-state index >= 15 is 4.39 Å². The summed E-state index contributed by atoms with van der Waals surface area (Å²) in [6.07, 6.45) is 5.30. The summed E-state index contributed by atoms with van der Waals surface area (Å²) in [7, 11) is 0. The van der Waals surface area contributed by atoms with E-state index in [1.807, 2.05) is 18.0 Å². The molecule has 1 aliphatic rings. The summed E-state index contributed by atoms with van der Waals surface area (Å²) in [5, 5.41) is 8.27. The highest BCUT2D eigenvalue weighted by atomic mass is 19.1. The zero-order chi connectivity index (χ0) is 21.0.